The Hall–Kier alpha value is -1.92. The highest BCUT2D eigenvalue weighted by molar-refractivity contribution is 5.72. The summed E-state index contributed by atoms with van der Waals surface area (Å²) < 4.78 is 37.3. The third-order valence-corrected chi connectivity index (χ3v) is 2.37. The minimum absolute atomic E-state index is 0.152. The topological polar surface area (TPSA) is 62.0 Å². The van der Waals surface area contributed by atoms with E-state index in [0.29, 0.717) is 5.56 Å². The van der Waals surface area contributed by atoms with E-state index in [1.165, 1.54) is 13.0 Å². The van der Waals surface area contributed by atoms with Gasteiger partial charge in [0.15, 0.2) is 6.04 Å². The second-order valence-electron chi connectivity index (χ2n) is 3.94. The lowest BCUT2D eigenvalue weighted by molar-refractivity contribution is -0.138. The van der Waals surface area contributed by atoms with Gasteiger partial charge in [-0.3, -0.25) is 0 Å². The average molecular weight is 274 g/mol. The Morgan fingerprint density at radius 1 is 1.42 bits per heavy atom. The standard InChI is InChI=1S/C12H13F3N2O2/c1-8(11(18)19)17-16-6-5-9-3-2-4-10(7-9)12(13,14)15/h2-4,7-8H,5-6H2,1H3,(H,18,19). The van der Waals surface area contributed by atoms with Crippen LogP contribution in [0.15, 0.2) is 34.5 Å². The summed E-state index contributed by atoms with van der Waals surface area (Å²) in [6.07, 6.45) is -4.09. The molecule has 0 radical (unpaired) electrons. The molecule has 0 aliphatic carbocycles. The van der Waals surface area contributed by atoms with E-state index in [-0.39, 0.29) is 13.0 Å². The van der Waals surface area contributed by atoms with Crippen molar-refractivity contribution in [3.05, 3.63) is 35.4 Å². The maximum atomic E-state index is 12.4. The molecule has 0 aliphatic rings. The summed E-state index contributed by atoms with van der Waals surface area (Å²) in [5, 5.41) is 15.7. The second-order valence-corrected chi connectivity index (χ2v) is 3.94. The predicted molar refractivity (Wildman–Crippen MR) is 62.0 cm³/mol. The largest absolute Gasteiger partial charge is 0.480 e. The van der Waals surface area contributed by atoms with E-state index in [1.54, 1.807) is 6.07 Å². The lowest BCUT2D eigenvalue weighted by atomic mass is 10.1. The quantitative estimate of drug-likeness (QED) is 0.838. The van der Waals surface area contributed by atoms with Gasteiger partial charge in [0.2, 0.25) is 0 Å². The Morgan fingerprint density at radius 3 is 2.68 bits per heavy atom. The fraction of sp³-hybridized carbons (Fsp3) is 0.417. The molecular formula is C12H13F3N2O2. The van der Waals surface area contributed by atoms with E-state index in [2.05, 4.69) is 10.2 Å². The van der Waals surface area contributed by atoms with Gasteiger partial charge in [0.25, 0.3) is 0 Å². The van der Waals surface area contributed by atoms with Crippen LogP contribution in [0.25, 0.3) is 0 Å². The van der Waals surface area contributed by atoms with Gasteiger partial charge in [-0.2, -0.15) is 23.4 Å². The number of hydrogen-bond donors (Lipinski definition) is 1. The van der Waals surface area contributed by atoms with Gasteiger partial charge in [0.05, 0.1) is 12.1 Å². The van der Waals surface area contributed by atoms with Crippen molar-refractivity contribution >= 4 is 5.97 Å². The summed E-state index contributed by atoms with van der Waals surface area (Å²) in [4.78, 5) is 10.4. The predicted octanol–water partition coefficient (Wildman–Crippen LogP) is 3.17. The second kappa shape index (κ2) is 6.31. The van der Waals surface area contributed by atoms with Crippen LogP contribution in [0, 0.1) is 0 Å². The molecule has 0 amide bonds. The van der Waals surface area contributed by atoms with E-state index in [1.807, 2.05) is 0 Å². The van der Waals surface area contributed by atoms with E-state index in [4.69, 9.17) is 5.11 Å². The number of azo groups is 1. The molecule has 1 N–H and O–H groups in total. The van der Waals surface area contributed by atoms with Crippen LogP contribution in [0.4, 0.5) is 13.2 Å². The van der Waals surface area contributed by atoms with Gasteiger partial charge in [-0.25, -0.2) is 4.79 Å². The smallest absolute Gasteiger partial charge is 0.416 e. The minimum atomic E-state index is -4.37. The number of halogens is 3. The molecule has 1 aromatic rings. The van der Waals surface area contributed by atoms with Crippen LogP contribution in [0.3, 0.4) is 0 Å². The SMILES string of the molecule is CC(N=NCCc1cccc(C(F)(F)F)c1)C(=O)O. The monoisotopic (exact) mass is 274 g/mol. The van der Waals surface area contributed by atoms with Crippen molar-refractivity contribution in [2.24, 2.45) is 10.2 Å². The van der Waals surface area contributed by atoms with Gasteiger partial charge in [0, 0.05) is 0 Å². The number of benzene rings is 1. The van der Waals surface area contributed by atoms with Crippen molar-refractivity contribution in [2.45, 2.75) is 25.6 Å². The third-order valence-electron chi connectivity index (χ3n) is 2.37. The molecule has 0 aliphatic heterocycles. The molecule has 1 aromatic carbocycles. The summed E-state index contributed by atoms with van der Waals surface area (Å²) in [5.74, 6) is -1.09. The Balaban J connectivity index is 2.57. The molecule has 0 heterocycles. The summed E-state index contributed by atoms with van der Waals surface area (Å²) in [5.41, 5.74) is -0.224. The molecule has 19 heavy (non-hydrogen) atoms. The fourth-order valence-electron chi connectivity index (χ4n) is 1.31. The van der Waals surface area contributed by atoms with Gasteiger partial charge in [-0.1, -0.05) is 18.2 Å². The van der Waals surface area contributed by atoms with Crippen molar-refractivity contribution < 1.29 is 23.1 Å². The first kappa shape index (κ1) is 15.1. The average Bonchev–Trinajstić information content (AvgIpc) is 2.33. The molecule has 0 aromatic heterocycles. The molecule has 1 rings (SSSR count). The zero-order valence-corrected chi connectivity index (χ0v) is 10.2. The van der Waals surface area contributed by atoms with Crippen LogP contribution in [-0.2, 0) is 17.4 Å². The van der Waals surface area contributed by atoms with Crippen molar-refractivity contribution in [1.29, 1.82) is 0 Å². The number of carboxylic acid groups (broad SMARTS) is 1. The highest BCUT2D eigenvalue weighted by Gasteiger charge is 2.30. The normalized spacial score (nSPS) is 13.7. The Labute approximate surface area is 108 Å². The molecule has 0 bridgehead atoms. The number of carbonyl (C=O) groups is 1. The van der Waals surface area contributed by atoms with Crippen molar-refractivity contribution in [2.75, 3.05) is 6.54 Å². The zero-order valence-electron chi connectivity index (χ0n) is 10.2. The third kappa shape index (κ3) is 5.07. The number of carboxylic acids is 1. The molecule has 0 spiro atoms. The maximum Gasteiger partial charge on any atom is 0.416 e. The number of aliphatic carboxylic acids is 1. The molecule has 1 atom stereocenters. The Kier molecular flexibility index (Phi) is 5.02. The van der Waals surface area contributed by atoms with E-state index in [9.17, 15) is 18.0 Å². The zero-order chi connectivity index (χ0) is 14.5. The lowest BCUT2D eigenvalue weighted by Gasteiger charge is -2.07. The van der Waals surface area contributed by atoms with E-state index < -0.39 is 23.8 Å². The molecule has 0 saturated carbocycles. The highest BCUT2D eigenvalue weighted by atomic mass is 19.4. The number of rotatable bonds is 5. The fourth-order valence-corrected chi connectivity index (χ4v) is 1.31. The summed E-state index contributed by atoms with van der Waals surface area (Å²) >= 11 is 0. The summed E-state index contributed by atoms with van der Waals surface area (Å²) in [6, 6.07) is 4.00. The number of hydrogen-bond acceptors (Lipinski definition) is 3. The Bertz CT molecular complexity index is 472. The van der Waals surface area contributed by atoms with Crippen LogP contribution in [0.2, 0.25) is 0 Å². The molecular weight excluding hydrogens is 261 g/mol. The Morgan fingerprint density at radius 2 is 2.11 bits per heavy atom. The van der Waals surface area contributed by atoms with E-state index >= 15 is 0 Å². The number of alkyl halides is 3. The summed E-state index contributed by atoms with van der Waals surface area (Å²) in [6.45, 7) is 1.52. The van der Waals surface area contributed by atoms with Crippen molar-refractivity contribution in [1.82, 2.24) is 0 Å². The van der Waals surface area contributed by atoms with Crippen LogP contribution < -0.4 is 0 Å². The molecule has 0 fully saturated rings. The highest BCUT2D eigenvalue weighted by Crippen LogP contribution is 2.29. The van der Waals surface area contributed by atoms with Crippen LogP contribution in [0.5, 0.6) is 0 Å². The maximum absolute atomic E-state index is 12.4. The molecule has 4 nitrogen and oxygen atoms in total. The van der Waals surface area contributed by atoms with Crippen molar-refractivity contribution in [3.63, 3.8) is 0 Å². The summed E-state index contributed by atoms with van der Waals surface area (Å²) in [7, 11) is 0. The minimum Gasteiger partial charge on any atom is -0.480 e. The first-order chi connectivity index (χ1) is 8.80. The van der Waals surface area contributed by atoms with E-state index in [0.717, 1.165) is 12.1 Å². The van der Waals surface area contributed by atoms with Crippen LogP contribution in [0.1, 0.15) is 18.1 Å². The molecule has 0 saturated heterocycles. The van der Waals surface area contributed by atoms with Gasteiger partial charge < -0.3 is 5.11 Å². The van der Waals surface area contributed by atoms with Gasteiger partial charge in [0.1, 0.15) is 0 Å². The molecule has 104 valence electrons. The van der Waals surface area contributed by atoms with Gasteiger partial charge in [-0.05, 0) is 25.0 Å². The van der Waals surface area contributed by atoms with Crippen LogP contribution in [-0.4, -0.2) is 23.7 Å². The van der Waals surface area contributed by atoms with Gasteiger partial charge in [-0.15, -0.1) is 0 Å². The molecule has 7 heteroatoms. The van der Waals surface area contributed by atoms with Crippen LogP contribution >= 0.6 is 0 Å². The first-order valence-corrected chi connectivity index (χ1v) is 5.56. The first-order valence-electron chi connectivity index (χ1n) is 5.56. The lowest BCUT2D eigenvalue weighted by Crippen LogP contribution is -2.12. The van der Waals surface area contributed by atoms with Crippen molar-refractivity contribution in [3.8, 4) is 0 Å². The van der Waals surface area contributed by atoms with Gasteiger partial charge >= 0.3 is 12.1 Å². The number of nitrogens with zero attached hydrogens (tertiary/aromatic N) is 2. The molecule has 1 unspecified atom stereocenters.